The van der Waals surface area contributed by atoms with E-state index in [1.807, 2.05) is 0 Å². The molecule has 0 saturated carbocycles. The number of hydrogen-bond acceptors (Lipinski definition) is 2. The van der Waals surface area contributed by atoms with Gasteiger partial charge in [-0.25, -0.2) is 0 Å². The summed E-state index contributed by atoms with van der Waals surface area (Å²) in [5, 5.41) is 3.57. The fraction of sp³-hybridized carbons (Fsp3) is 0. The molecule has 2 rings (SSSR count). The summed E-state index contributed by atoms with van der Waals surface area (Å²) in [6.45, 7) is 0. The van der Waals surface area contributed by atoms with Gasteiger partial charge >= 0.3 is 0 Å². The molecule has 1 amide bonds. The van der Waals surface area contributed by atoms with Crippen LogP contribution in [0.1, 0.15) is 5.76 Å². The Hall–Kier alpha value is -1.23. The summed E-state index contributed by atoms with van der Waals surface area (Å²) in [7, 11) is 0. The van der Waals surface area contributed by atoms with Crippen LogP contribution in [0, 0.1) is 0 Å². The normalized spacial score (nSPS) is 10.9. The number of rotatable bonds is 3. The molecule has 98 valence electrons. The van der Waals surface area contributed by atoms with Crippen molar-refractivity contribution in [1.82, 2.24) is 0 Å². The van der Waals surface area contributed by atoms with Crippen LogP contribution in [0.15, 0.2) is 45.5 Å². The lowest BCUT2D eigenvalue weighted by Gasteiger charge is -2.03. The lowest BCUT2D eigenvalue weighted by atomic mass is 10.3. The molecule has 1 aromatic heterocycles. The van der Waals surface area contributed by atoms with E-state index in [-0.39, 0.29) is 5.91 Å². The highest BCUT2D eigenvalue weighted by atomic mass is 79.9. The number of carbonyl (C=O) groups is 1. The van der Waals surface area contributed by atoms with Gasteiger partial charge in [-0.05, 0) is 52.3 Å². The largest absolute Gasteiger partial charge is 0.450 e. The molecule has 0 radical (unpaired) electrons. The van der Waals surface area contributed by atoms with Gasteiger partial charge in [-0.2, -0.15) is 0 Å². The Balaban J connectivity index is 2.03. The highest BCUT2D eigenvalue weighted by Gasteiger charge is 2.02. The number of halogens is 3. The molecule has 0 aliphatic carbocycles. The van der Waals surface area contributed by atoms with E-state index in [0.717, 1.165) is 0 Å². The van der Waals surface area contributed by atoms with Crippen LogP contribution in [-0.4, -0.2) is 5.91 Å². The van der Waals surface area contributed by atoms with Crippen molar-refractivity contribution in [3.63, 3.8) is 0 Å². The predicted octanol–water partition coefficient (Wildman–Crippen LogP) is 5.00. The molecular formula is C13H8BrCl2NO2. The van der Waals surface area contributed by atoms with E-state index in [2.05, 4.69) is 21.2 Å². The van der Waals surface area contributed by atoms with E-state index in [4.69, 9.17) is 27.6 Å². The molecule has 0 aliphatic heterocycles. The van der Waals surface area contributed by atoms with Gasteiger partial charge in [0.2, 0.25) is 5.91 Å². The van der Waals surface area contributed by atoms with Crippen LogP contribution in [0.5, 0.6) is 0 Å². The van der Waals surface area contributed by atoms with Crippen molar-refractivity contribution in [2.75, 3.05) is 5.32 Å². The summed E-state index contributed by atoms with van der Waals surface area (Å²) < 4.78 is 5.84. The monoisotopic (exact) mass is 359 g/mol. The molecule has 0 aliphatic rings. The molecular weight excluding hydrogens is 353 g/mol. The zero-order valence-electron chi connectivity index (χ0n) is 9.49. The average molecular weight is 361 g/mol. The maximum absolute atomic E-state index is 11.7. The van der Waals surface area contributed by atoms with Gasteiger partial charge in [0.05, 0.1) is 0 Å². The van der Waals surface area contributed by atoms with Crippen molar-refractivity contribution in [2.24, 2.45) is 0 Å². The molecule has 3 nitrogen and oxygen atoms in total. The number of furan rings is 1. The SMILES string of the molecule is O=C(/C=C/c1ccc(Br)o1)Nc1cc(Cl)cc(Cl)c1. The van der Waals surface area contributed by atoms with Crippen molar-refractivity contribution in [1.29, 1.82) is 0 Å². The number of anilines is 1. The first kappa shape index (κ1) is 14.2. The van der Waals surface area contributed by atoms with E-state index in [0.29, 0.717) is 26.2 Å². The molecule has 2 aromatic rings. The Kier molecular flexibility index (Phi) is 4.69. The first-order valence-electron chi connectivity index (χ1n) is 5.23. The van der Waals surface area contributed by atoms with Crippen LogP contribution in [0.3, 0.4) is 0 Å². The van der Waals surface area contributed by atoms with Crippen LogP contribution in [0.4, 0.5) is 5.69 Å². The first-order valence-corrected chi connectivity index (χ1v) is 6.78. The van der Waals surface area contributed by atoms with Crippen LogP contribution < -0.4 is 5.32 Å². The van der Waals surface area contributed by atoms with Crippen molar-refractivity contribution in [3.8, 4) is 0 Å². The summed E-state index contributed by atoms with van der Waals surface area (Å²) >= 11 is 14.8. The van der Waals surface area contributed by atoms with E-state index < -0.39 is 0 Å². The molecule has 0 spiro atoms. The molecule has 0 atom stereocenters. The first-order chi connectivity index (χ1) is 9.02. The zero-order valence-corrected chi connectivity index (χ0v) is 12.6. The smallest absolute Gasteiger partial charge is 0.248 e. The molecule has 0 fully saturated rings. The Morgan fingerprint density at radius 2 is 1.89 bits per heavy atom. The van der Waals surface area contributed by atoms with Gasteiger partial charge in [-0.3, -0.25) is 4.79 Å². The van der Waals surface area contributed by atoms with Crippen LogP contribution in [0.2, 0.25) is 10.0 Å². The fourth-order valence-electron chi connectivity index (χ4n) is 1.39. The minimum absolute atomic E-state index is 0.300. The Morgan fingerprint density at radius 3 is 2.47 bits per heavy atom. The predicted molar refractivity (Wildman–Crippen MR) is 80.5 cm³/mol. The molecule has 1 N–H and O–H groups in total. The van der Waals surface area contributed by atoms with E-state index in [1.165, 1.54) is 6.08 Å². The number of hydrogen-bond donors (Lipinski definition) is 1. The summed E-state index contributed by atoms with van der Waals surface area (Å²) in [6.07, 6.45) is 2.92. The third-order valence-electron chi connectivity index (χ3n) is 2.12. The van der Waals surface area contributed by atoms with Gasteiger partial charge in [0.1, 0.15) is 5.76 Å². The van der Waals surface area contributed by atoms with E-state index in [1.54, 1.807) is 36.4 Å². The Labute approximate surface area is 128 Å². The maximum Gasteiger partial charge on any atom is 0.248 e. The molecule has 19 heavy (non-hydrogen) atoms. The number of amides is 1. The fourth-order valence-corrected chi connectivity index (χ4v) is 2.23. The van der Waals surface area contributed by atoms with Crippen LogP contribution in [0.25, 0.3) is 6.08 Å². The molecule has 0 bridgehead atoms. The highest BCUT2D eigenvalue weighted by molar-refractivity contribution is 9.10. The number of carbonyl (C=O) groups excluding carboxylic acids is 1. The zero-order chi connectivity index (χ0) is 13.8. The number of nitrogens with one attached hydrogen (secondary N) is 1. The lowest BCUT2D eigenvalue weighted by Crippen LogP contribution is -2.07. The Bertz CT molecular complexity index is 617. The minimum atomic E-state index is -0.300. The van der Waals surface area contributed by atoms with Crippen molar-refractivity contribution >= 4 is 56.8 Å². The topological polar surface area (TPSA) is 42.2 Å². The summed E-state index contributed by atoms with van der Waals surface area (Å²) in [5.74, 6) is 0.275. The van der Waals surface area contributed by atoms with Gasteiger partial charge in [0, 0.05) is 21.8 Å². The third-order valence-corrected chi connectivity index (χ3v) is 2.99. The van der Waals surface area contributed by atoms with Crippen LogP contribution >= 0.6 is 39.1 Å². The molecule has 1 aromatic carbocycles. The van der Waals surface area contributed by atoms with E-state index in [9.17, 15) is 4.79 Å². The second kappa shape index (κ2) is 6.28. The van der Waals surface area contributed by atoms with Gasteiger partial charge in [-0.15, -0.1) is 0 Å². The lowest BCUT2D eigenvalue weighted by molar-refractivity contribution is -0.111. The minimum Gasteiger partial charge on any atom is -0.450 e. The van der Waals surface area contributed by atoms with Gasteiger partial charge in [-0.1, -0.05) is 23.2 Å². The molecule has 0 saturated heterocycles. The van der Waals surface area contributed by atoms with Gasteiger partial charge < -0.3 is 9.73 Å². The highest BCUT2D eigenvalue weighted by Crippen LogP contribution is 2.22. The van der Waals surface area contributed by atoms with Crippen molar-refractivity contribution < 1.29 is 9.21 Å². The van der Waals surface area contributed by atoms with Gasteiger partial charge in [0.15, 0.2) is 4.67 Å². The summed E-state index contributed by atoms with van der Waals surface area (Å²) in [5.41, 5.74) is 0.535. The van der Waals surface area contributed by atoms with Crippen molar-refractivity contribution in [2.45, 2.75) is 0 Å². The molecule has 1 heterocycles. The average Bonchev–Trinajstić information content (AvgIpc) is 2.71. The Morgan fingerprint density at radius 1 is 1.21 bits per heavy atom. The second-order valence-electron chi connectivity index (χ2n) is 3.62. The van der Waals surface area contributed by atoms with E-state index >= 15 is 0 Å². The number of benzene rings is 1. The van der Waals surface area contributed by atoms with Crippen molar-refractivity contribution in [3.05, 3.63) is 56.9 Å². The summed E-state index contributed by atoms with van der Waals surface area (Å²) in [4.78, 5) is 11.7. The third kappa shape index (κ3) is 4.42. The standard InChI is InChI=1S/C13H8BrCl2NO2/c14-12-3-1-11(19-12)2-4-13(18)17-10-6-8(15)5-9(16)7-10/h1-7H,(H,17,18)/b4-2+. The molecule has 0 unspecified atom stereocenters. The van der Waals surface area contributed by atoms with Gasteiger partial charge in [0.25, 0.3) is 0 Å². The quantitative estimate of drug-likeness (QED) is 0.782. The second-order valence-corrected chi connectivity index (χ2v) is 5.28. The maximum atomic E-state index is 11.7. The molecule has 6 heteroatoms. The summed E-state index contributed by atoms with van der Waals surface area (Å²) in [6, 6.07) is 8.30. The van der Waals surface area contributed by atoms with Crippen LogP contribution in [-0.2, 0) is 4.79 Å².